The summed E-state index contributed by atoms with van der Waals surface area (Å²) in [4.78, 5) is 13.8. The van der Waals surface area contributed by atoms with Crippen LogP contribution in [0.1, 0.15) is 18.5 Å². The number of rotatable bonds is 6. The van der Waals surface area contributed by atoms with Gasteiger partial charge in [0.25, 0.3) is 0 Å². The number of fused-ring (bicyclic) bond motifs is 1. The predicted molar refractivity (Wildman–Crippen MR) is 94.0 cm³/mol. The third kappa shape index (κ3) is 4.36. The minimum atomic E-state index is -0.314. The third-order valence-electron chi connectivity index (χ3n) is 4.09. The second kappa shape index (κ2) is 7.95. The Morgan fingerprint density at radius 2 is 1.96 bits per heavy atom. The summed E-state index contributed by atoms with van der Waals surface area (Å²) in [5.74, 6) is 1.65. The molecule has 1 atom stereocenters. The maximum absolute atomic E-state index is 12.8. The zero-order valence-corrected chi connectivity index (χ0v) is 14.7. The van der Waals surface area contributed by atoms with Crippen molar-refractivity contribution >= 4 is 6.03 Å². The van der Waals surface area contributed by atoms with Gasteiger partial charge >= 0.3 is 6.03 Å². The van der Waals surface area contributed by atoms with Crippen LogP contribution >= 0.6 is 0 Å². The highest BCUT2D eigenvalue weighted by atomic mass is 19.1. The summed E-state index contributed by atoms with van der Waals surface area (Å²) in [6.45, 7) is 2.83. The van der Waals surface area contributed by atoms with E-state index in [0.717, 1.165) is 5.56 Å². The molecule has 2 amide bonds. The average molecular weight is 360 g/mol. The summed E-state index contributed by atoms with van der Waals surface area (Å²) < 4.78 is 29.0. The van der Waals surface area contributed by atoms with Crippen LogP contribution in [-0.4, -0.2) is 37.9 Å². The molecule has 0 fully saturated rings. The van der Waals surface area contributed by atoms with Crippen LogP contribution < -0.4 is 19.5 Å². The Morgan fingerprint density at radius 1 is 1.23 bits per heavy atom. The highest BCUT2D eigenvalue weighted by molar-refractivity contribution is 5.74. The van der Waals surface area contributed by atoms with E-state index >= 15 is 0 Å². The molecule has 0 saturated carbocycles. The third-order valence-corrected chi connectivity index (χ3v) is 4.09. The molecular formula is C19H21FN2O4. The normalized spacial score (nSPS) is 13.2. The zero-order valence-electron chi connectivity index (χ0n) is 14.7. The van der Waals surface area contributed by atoms with Gasteiger partial charge < -0.3 is 24.4 Å². The average Bonchev–Trinajstić information content (AvgIpc) is 3.10. The number of carbonyl (C=O) groups is 1. The summed E-state index contributed by atoms with van der Waals surface area (Å²) in [6, 6.07) is 11.0. The van der Waals surface area contributed by atoms with E-state index < -0.39 is 0 Å². The molecule has 2 aromatic carbocycles. The van der Waals surface area contributed by atoms with Gasteiger partial charge in [-0.15, -0.1) is 0 Å². The molecule has 3 rings (SSSR count). The van der Waals surface area contributed by atoms with Crippen LogP contribution in [0.15, 0.2) is 42.5 Å². The van der Waals surface area contributed by atoms with Gasteiger partial charge in [0.05, 0.1) is 12.6 Å². The summed E-state index contributed by atoms with van der Waals surface area (Å²) in [6.07, 6.45) is 0. The predicted octanol–water partition coefficient (Wildman–Crippen LogP) is 3.34. The number of nitrogens with zero attached hydrogens (tertiary/aromatic N) is 1. The number of likely N-dealkylation sites (N-methyl/N-ethyl adjacent to an activating group) is 1. The number of urea groups is 1. The van der Waals surface area contributed by atoms with E-state index in [2.05, 4.69) is 5.32 Å². The lowest BCUT2D eigenvalue weighted by Gasteiger charge is -2.22. The van der Waals surface area contributed by atoms with Crippen molar-refractivity contribution in [3.63, 3.8) is 0 Å². The second-order valence-electron chi connectivity index (χ2n) is 6.01. The molecule has 0 saturated heterocycles. The number of ether oxygens (including phenoxy) is 3. The van der Waals surface area contributed by atoms with Crippen LogP contribution in [0.25, 0.3) is 0 Å². The molecule has 0 aliphatic carbocycles. The summed E-state index contributed by atoms with van der Waals surface area (Å²) >= 11 is 0. The van der Waals surface area contributed by atoms with Crippen molar-refractivity contribution in [2.75, 3.05) is 27.0 Å². The minimum absolute atomic E-state index is 0.183. The first-order chi connectivity index (χ1) is 12.5. The van der Waals surface area contributed by atoms with Gasteiger partial charge in [0, 0.05) is 7.05 Å². The van der Waals surface area contributed by atoms with E-state index in [1.165, 1.54) is 17.0 Å². The molecule has 0 bridgehead atoms. The van der Waals surface area contributed by atoms with E-state index in [0.29, 0.717) is 30.4 Å². The fourth-order valence-electron chi connectivity index (χ4n) is 2.49. The number of hydrogen-bond acceptors (Lipinski definition) is 4. The van der Waals surface area contributed by atoms with Crippen LogP contribution in [0.3, 0.4) is 0 Å². The molecule has 138 valence electrons. The number of nitrogens with one attached hydrogen (secondary N) is 1. The Bertz CT molecular complexity index is 767. The zero-order chi connectivity index (χ0) is 18.5. The lowest BCUT2D eigenvalue weighted by atomic mass is 10.1. The van der Waals surface area contributed by atoms with Gasteiger partial charge in [-0.25, -0.2) is 9.18 Å². The van der Waals surface area contributed by atoms with E-state index in [9.17, 15) is 9.18 Å². The Labute approximate surface area is 151 Å². The molecule has 1 heterocycles. The van der Waals surface area contributed by atoms with Crippen LogP contribution in [0.5, 0.6) is 17.2 Å². The van der Waals surface area contributed by atoms with Gasteiger partial charge in [-0.1, -0.05) is 6.07 Å². The van der Waals surface area contributed by atoms with Crippen LogP contribution in [0.4, 0.5) is 9.18 Å². The largest absolute Gasteiger partial charge is 0.492 e. The maximum Gasteiger partial charge on any atom is 0.317 e. The van der Waals surface area contributed by atoms with Gasteiger partial charge in [0.2, 0.25) is 6.79 Å². The van der Waals surface area contributed by atoms with E-state index in [4.69, 9.17) is 14.2 Å². The van der Waals surface area contributed by atoms with E-state index in [1.54, 1.807) is 19.2 Å². The number of benzene rings is 2. The Kier molecular flexibility index (Phi) is 5.46. The Hall–Kier alpha value is -2.96. The van der Waals surface area contributed by atoms with Gasteiger partial charge in [-0.2, -0.15) is 0 Å². The van der Waals surface area contributed by atoms with Crippen molar-refractivity contribution < 1.29 is 23.4 Å². The van der Waals surface area contributed by atoms with Crippen molar-refractivity contribution in [1.82, 2.24) is 10.2 Å². The number of carbonyl (C=O) groups excluding carboxylic acids is 1. The van der Waals surface area contributed by atoms with Crippen LogP contribution in [-0.2, 0) is 0 Å². The molecule has 0 spiro atoms. The van der Waals surface area contributed by atoms with E-state index in [1.807, 2.05) is 25.1 Å². The molecule has 2 aromatic rings. The molecule has 1 N–H and O–H groups in total. The fourth-order valence-corrected chi connectivity index (χ4v) is 2.49. The monoisotopic (exact) mass is 360 g/mol. The van der Waals surface area contributed by atoms with Crippen molar-refractivity contribution in [3.05, 3.63) is 53.8 Å². The molecule has 1 aliphatic heterocycles. The molecule has 0 radical (unpaired) electrons. The van der Waals surface area contributed by atoms with Gasteiger partial charge in [-0.05, 0) is 48.9 Å². The maximum atomic E-state index is 12.8. The van der Waals surface area contributed by atoms with Gasteiger partial charge in [-0.3, -0.25) is 0 Å². The van der Waals surface area contributed by atoms with Gasteiger partial charge in [0.1, 0.15) is 18.2 Å². The van der Waals surface area contributed by atoms with Crippen molar-refractivity contribution in [3.8, 4) is 17.2 Å². The molecular weight excluding hydrogens is 339 g/mol. The first-order valence-electron chi connectivity index (χ1n) is 8.32. The number of amides is 2. The fraction of sp³-hybridized carbons (Fsp3) is 0.316. The van der Waals surface area contributed by atoms with Gasteiger partial charge in [0.15, 0.2) is 11.5 Å². The molecule has 0 aromatic heterocycles. The summed E-state index contributed by atoms with van der Waals surface area (Å²) in [5.41, 5.74) is 0.929. The summed E-state index contributed by atoms with van der Waals surface area (Å²) in [7, 11) is 1.69. The highest BCUT2D eigenvalue weighted by Gasteiger charge is 2.18. The molecule has 26 heavy (non-hydrogen) atoms. The first-order valence-corrected chi connectivity index (χ1v) is 8.32. The lowest BCUT2D eigenvalue weighted by molar-refractivity contribution is 0.174. The standard InChI is InChI=1S/C19H21FN2O4/c1-13(14-3-8-17-18(11-14)26-12-25-17)21-19(23)22(2)9-10-24-16-6-4-15(20)5-7-16/h3-8,11,13H,9-10,12H2,1-2H3,(H,21,23). The second-order valence-corrected chi connectivity index (χ2v) is 6.01. The molecule has 1 unspecified atom stereocenters. The van der Waals surface area contributed by atoms with Crippen LogP contribution in [0.2, 0.25) is 0 Å². The molecule has 7 heteroatoms. The quantitative estimate of drug-likeness (QED) is 0.858. The van der Waals surface area contributed by atoms with Crippen LogP contribution in [0, 0.1) is 5.82 Å². The van der Waals surface area contributed by atoms with Crippen molar-refractivity contribution in [2.24, 2.45) is 0 Å². The smallest absolute Gasteiger partial charge is 0.317 e. The lowest BCUT2D eigenvalue weighted by Crippen LogP contribution is -2.40. The number of halogens is 1. The van der Waals surface area contributed by atoms with Crippen molar-refractivity contribution in [1.29, 1.82) is 0 Å². The highest BCUT2D eigenvalue weighted by Crippen LogP contribution is 2.34. The SMILES string of the molecule is CC(NC(=O)N(C)CCOc1ccc(F)cc1)c1ccc2c(c1)OCO2. The molecule has 1 aliphatic rings. The molecule has 6 nitrogen and oxygen atoms in total. The topological polar surface area (TPSA) is 60.0 Å². The summed E-state index contributed by atoms with van der Waals surface area (Å²) in [5, 5.41) is 2.93. The Balaban J connectivity index is 1.46. The number of hydrogen-bond donors (Lipinski definition) is 1. The van der Waals surface area contributed by atoms with E-state index in [-0.39, 0.29) is 24.7 Å². The van der Waals surface area contributed by atoms with Crippen molar-refractivity contribution in [2.45, 2.75) is 13.0 Å². The Morgan fingerprint density at radius 3 is 2.73 bits per heavy atom. The minimum Gasteiger partial charge on any atom is -0.492 e. The first kappa shape index (κ1) is 17.8.